The highest BCUT2D eigenvalue weighted by atomic mass is 16.5. The first-order valence-corrected chi connectivity index (χ1v) is 11.4. The molecular formula is C28H23NO7. The molecule has 1 unspecified atom stereocenters. The number of aliphatic hydroxyl groups excluding tert-OH is 1. The van der Waals surface area contributed by atoms with Crippen LogP contribution in [0.25, 0.3) is 5.76 Å². The minimum absolute atomic E-state index is 0.0322. The van der Waals surface area contributed by atoms with Gasteiger partial charge in [0.05, 0.1) is 30.9 Å². The molecule has 3 aromatic carbocycles. The first-order chi connectivity index (χ1) is 17.4. The Kier molecular flexibility index (Phi) is 5.93. The van der Waals surface area contributed by atoms with Crippen LogP contribution in [-0.4, -0.2) is 46.5 Å². The van der Waals surface area contributed by atoms with Crippen molar-refractivity contribution in [1.29, 1.82) is 0 Å². The molecule has 182 valence electrons. The summed E-state index contributed by atoms with van der Waals surface area (Å²) in [5.41, 5.74) is 2.76. The second-order valence-electron chi connectivity index (χ2n) is 8.63. The number of likely N-dealkylation sites (tertiary alicyclic amines) is 1. The van der Waals surface area contributed by atoms with E-state index in [4.69, 9.17) is 9.47 Å². The zero-order valence-electron chi connectivity index (χ0n) is 19.4. The number of Topliss-reactive ketones (excluding diaryl/α,β-unsaturated/α-hetero) is 1. The number of phenolic OH excluding ortho intramolecular Hbond substituents is 1. The number of ether oxygens (including phenoxy) is 2. The van der Waals surface area contributed by atoms with Crippen LogP contribution < -0.4 is 4.74 Å². The predicted octanol–water partition coefficient (Wildman–Crippen LogP) is 3.74. The summed E-state index contributed by atoms with van der Waals surface area (Å²) in [4.78, 5) is 39.6. The molecule has 8 heteroatoms. The number of benzene rings is 3. The van der Waals surface area contributed by atoms with Crippen LogP contribution >= 0.6 is 0 Å². The smallest absolute Gasteiger partial charge is 0.337 e. The van der Waals surface area contributed by atoms with Gasteiger partial charge in [0.1, 0.15) is 17.3 Å². The fourth-order valence-corrected chi connectivity index (χ4v) is 4.63. The van der Waals surface area contributed by atoms with Crippen LogP contribution in [0.2, 0.25) is 0 Å². The van der Waals surface area contributed by atoms with Gasteiger partial charge in [-0.25, -0.2) is 4.79 Å². The van der Waals surface area contributed by atoms with E-state index in [9.17, 15) is 24.6 Å². The SMILES string of the molecule is COC(=O)c1ccc(CN2C(=O)C(=O)/C(=C(\O)c3ccc4c(c3)CCO4)C2c2cccc(O)c2)cc1. The Hall–Kier alpha value is -4.59. The lowest BCUT2D eigenvalue weighted by Gasteiger charge is -2.25. The average molecular weight is 485 g/mol. The van der Waals surface area contributed by atoms with Crippen molar-refractivity contribution in [2.75, 3.05) is 13.7 Å². The number of esters is 1. The number of nitrogens with zero attached hydrogens (tertiary/aromatic N) is 1. The van der Waals surface area contributed by atoms with Crippen LogP contribution in [0.15, 0.2) is 72.3 Å². The van der Waals surface area contributed by atoms with E-state index in [2.05, 4.69) is 0 Å². The number of fused-ring (bicyclic) bond motifs is 1. The summed E-state index contributed by atoms with van der Waals surface area (Å²) in [6.07, 6.45) is 0.683. The highest BCUT2D eigenvalue weighted by Gasteiger charge is 2.46. The topological polar surface area (TPSA) is 113 Å². The molecule has 2 heterocycles. The van der Waals surface area contributed by atoms with Crippen LogP contribution in [0.3, 0.4) is 0 Å². The van der Waals surface area contributed by atoms with Gasteiger partial charge in [-0.1, -0.05) is 24.3 Å². The highest BCUT2D eigenvalue weighted by Crippen LogP contribution is 2.41. The largest absolute Gasteiger partial charge is 0.508 e. The molecule has 1 atom stereocenters. The molecule has 1 amide bonds. The summed E-state index contributed by atoms with van der Waals surface area (Å²) < 4.78 is 10.3. The number of phenols is 1. The Balaban J connectivity index is 1.58. The maximum absolute atomic E-state index is 13.2. The molecule has 36 heavy (non-hydrogen) atoms. The molecule has 2 aliphatic rings. The van der Waals surface area contributed by atoms with Gasteiger partial charge in [-0.3, -0.25) is 9.59 Å². The highest BCUT2D eigenvalue weighted by molar-refractivity contribution is 6.46. The second kappa shape index (κ2) is 9.22. The summed E-state index contributed by atoms with van der Waals surface area (Å²) in [6.45, 7) is 0.586. The fourth-order valence-electron chi connectivity index (χ4n) is 4.63. The van der Waals surface area contributed by atoms with E-state index < -0.39 is 23.7 Å². The van der Waals surface area contributed by atoms with Gasteiger partial charge in [-0.15, -0.1) is 0 Å². The second-order valence-corrected chi connectivity index (χ2v) is 8.63. The van der Waals surface area contributed by atoms with E-state index in [0.29, 0.717) is 35.3 Å². The predicted molar refractivity (Wildman–Crippen MR) is 129 cm³/mol. The van der Waals surface area contributed by atoms with E-state index in [-0.39, 0.29) is 23.6 Å². The van der Waals surface area contributed by atoms with Crippen molar-refractivity contribution in [2.24, 2.45) is 0 Å². The quantitative estimate of drug-likeness (QED) is 0.245. The molecular weight excluding hydrogens is 462 g/mol. The molecule has 0 radical (unpaired) electrons. The van der Waals surface area contributed by atoms with Crippen molar-refractivity contribution in [3.8, 4) is 11.5 Å². The van der Waals surface area contributed by atoms with Gasteiger partial charge in [0.2, 0.25) is 0 Å². The minimum Gasteiger partial charge on any atom is -0.508 e. The molecule has 0 saturated carbocycles. The molecule has 1 fully saturated rings. The fraction of sp³-hybridized carbons (Fsp3) is 0.179. The van der Waals surface area contributed by atoms with Crippen LogP contribution in [0.1, 0.15) is 38.7 Å². The summed E-state index contributed by atoms with van der Waals surface area (Å²) in [5.74, 6) is -1.67. The number of ketones is 1. The van der Waals surface area contributed by atoms with Crippen molar-refractivity contribution in [3.05, 3.63) is 100 Å². The molecule has 2 N–H and O–H groups in total. The molecule has 0 aromatic heterocycles. The first-order valence-electron chi connectivity index (χ1n) is 11.4. The molecule has 8 nitrogen and oxygen atoms in total. The van der Waals surface area contributed by atoms with E-state index in [0.717, 1.165) is 11.3 Å². The third-order valence-corrected chi connectivity index (χ3v) is 6.42. The molecule has 5 rings (SSSR count). The zero-order valence-corrected chi connectivity index (χ0v) is 19.4. The van der Waals surface area contributed by atoms with E-state index in [1.165, 1.54) is 24.1 Å². The van der Waals surface area contributed by atoms with E-state index in [1.807, 2.05) is 0 Å². The first kappa shape index (κ1) is 23.2. The molecule has 3 aromatic rings. The van der Waals surface area contributed by atoms with Crippen molar-refractivity contribution in [1.82, 2.24) is 4.90 Å². The third-order valence-electron chi connectivity index (χ3n) is 6.42. The lowest BCUT2D eigenvalue weighted by atomic mass is 9.94. The van der Waals surface area contributed by atoms with Gasteiger partial charge < -0.3 is 24.6 Å². The number of amides is 1. The van der Waals surface area contributed by atoms with Crippen molar-refractivity contribution >= 4 is 23.4 Å². The van der Waals surface area contributed by atoms with Gasteiger partial charge in [0, 0.05) is 18.5 Å². The molecule has 2 aliphatic heterocycles. The van der Waals surface area contributed by atoms with Crippen LogP contribution in [0, 0.1) is 0 Å². The summed E-state index contributed by atoms with van der Waals surface area (Å²) in [7, 11) is 1.29. The van der Waals surface area contributed by atoms with Gasteiger partial charge in [-0.05, 0) is 59.2 Å². The molecule has 0 aliphatic carbocycles. The Labute approximate surface area is 207 Å². The summed E-state index contributed by atoms with van der Waals surface area (Å²) in [6, 6.07) is 17.0. The summed E-state index contributed by atoms with van der Waals surface area (Å²) >= 11 is 0. The Bertz CT molecular complexity index is 1410. The monoisotopic (exact) mass is 485 g/mol. The van der Waals surface area contributed by atoms with Gasteiger partial charge in [-0.2, -0.15) is 0 Å². The van der Waals surface area contributed by atoms with Gasteiger partial charge in [0.25, 0.3) is 11.7 Å². The number of hydrogen-bond acceptors (Lipinski definition) is 7. The van der Waals surface area contributed by atoms with Crippen molar-refractivity contribution in [2.45, 2.75) is 19.0 Å². The van der Waals surface area contributed by atoms with Crippen molar-refractivity contribution < 1.29 is 34.1 Å². The number of methoxy groups -OCH3 is 1. The number of aromatic hydroxyl groups is 1. The number of hydrogen-bond donors (Lipinski definition) is 2. The Morgan fingerprint density at radius 1 is 1.06 bits per heavy atom. The van der Waals surface area contributed by atoms with Gasteiger partial charge in [0.15, 0.2) is 0 Å². The average Bonchev–Trinajstić information content (AvgIpc) is 3.46. The van der Waals surface area contributed by atoms with Gasteiger partial charge >= 0.3 is 5.97 Å². The standard InChI is InChI=1S/C28H23NO7/c1-35-28(34)17-7-5-16(6-8-17)15-29-24(19-3-2-4-21(30)14-19)23(26(32)27(29)33)25(31)20-9-10-22-18(13-20)11-12-36-22/h2-10,13-14,24,30-31H,11-12,15H2,1H3/b25-23-. The lowest BCUT2D eigenvalue weighted by Crippen LogP contribution is -2.29. The molecule has 0 bridgehead atoms. The summed E-state index contributed by atoms with van der Waals surface area (Å²) in [5, 5.41) is 21.4. The third kappa shape index (κ3) is 4.07. The molecule has 1 saturated heterocycles. The van der Waals surface area contributed by atoms with E-state index >= 15 is 0 Å². The number of carbonyl (C=O) groups excluding carboxylic acids is 3. The van der Waals surface area contributed by atoms with E-state index in [1.54, 1.807) is 54.6 Å². The number of rotatable bonds is 5. The Morgan fingerprint density at radius 3 is 2.53 bits per heavy atom. The normalized spacial score (nSPS) is 18.1. The van der Waals surface area contributed by atoms with Crippen molar-refractivity contribution in [3.63, 3.8) is 0 Å². The lowest BCUT2D eigenvalue weighted by molar-refractivity contribution is -0.140. The number of carbonyl (C=O) groups is 3. The van der Waals surface area contributed by atoms with Crippen LogP contribution in [-0.2, 0) is 27.3 Å². The maximum atomic E-state index is 13.2. The van der Waals surface area contributed by atoms with Crippen LogP contribution in [0.5, 0.6) is 11.5 Å². The minimum atomic E-state index is -0.929. The van der Waals surface area contributed by atoms with Crippen LogP contribution in [0.4, 0.5) is 0 Å². The maximum Gasteiger partial charge on any atom is 0.337 e. The Morgan fingerprint density at radius 2 is 1.81 bits per heavy atom. The zero-order chi connectivity index (χ0) is 25.4. The molecule has 0 spiro atoms. The number of aliphatic hydroxyl groups is 1.